The molecular weight excluding hydrogens is 314 g/mol. The number of aromatic hydroxyl groups is 1. The summed E-state index contributed by atoms with van der Waals surface area (Å²) in [6, 6.07) is 14.8. The summed E-state index contributed by atoms with van der Waals surface area (Å²) in [4.78, 5) is 19.2. The highest BCUT2D eigenvalue weighted by Crippen LogP contribution is 2.14. The fraction of sp³-hybridized carbons (Fsp3) is 0.300. The molecule has 25 heavy (non-hydrogen) atoms. The minimum Gasteiger partial charge on any atom is -0.508 e. The first-order valence-corrected chi connectivity index (χ1v) is 8.40. The molecule has 3 aromatic rings. The number of rotatable bonds is 5. The zero-order valence-corrected chi connectivity index (χ0v) is 14.8. The number of aryl methyl sites for hydroxylation is 1. The highest BCUT2D eigenvalue weighted by atomic mass is 16.3. The minimum atomic E-state index is -0.0438. The van der Waals surface area contributed by atoms with E-state index in [1.54, 1.807) is 22.6 Å². The molecule has 0 unspecified atom stereocenters. The topological polar surface area (TPSA) is 57.8 Å². The summed E-state index contributed by atoms with van der Waals surface area (Å²) in [5.41, 5.74) is 3.46. The Morgan fingerprint density at radius 1 is 1.20 bits per heavy atom. The molecule has 0 fully saturated rings. The van der Waals surface area contributed by atoms with Gasteiger partial charge in [0.1, 0.15) is 11.4 Å². The van der Waals surface area contributed by atoms with E-state index in [1.165, 1.54) is 5.56 Å². The summed E-state index contributed by atoms with van der Waals surface area (Å²) in [5, 5.41) is 9.38. The van der Waals surface area contributed by atoms with Crippen LogP contribution < -0.4 is 5.56 Å². The number of hydrogen-bond donors (Lipinski definition) is 1. The summed E-state index contributed by atoms with van der Waals surface area (Å²) in [6.07, 6.45) is 0.864. The van der Waals surface area contributed by atoms with Crippen molar-refractivity contribution in [3.05, 3.63) is 75.8 Å². The second kappa shape index (κ2) is 7.07. The van der Waals surface area contributed by atoms with E-state index in [4.69, 9.17) is 0 Å². The van der Waals surface area contributed by atoms with Gasteiger partial charge in [-0.05, 0) is 57.1 Å². The first-order valence-electron chi connectivity index (χ1n) is 8.40. The van der Waals surface area contributed by atoms with Crippen molar-refractivity contribution in [1.82, 2.24) is 14.3 Å². The van der Waals surface area contributed by atoms with Gasteiger partial charge in [0, 0.05) is 24.3 Å². The molecule has 1 aromatic carbocycles. The van der Waals surface area contributed by atoms with E-state index in [0.717, 1.165) is 17.8 Å². The zero-order chi connectivity index (χ0) is 18.0. The molecule has 2 aromatic heterocycles. The van der Waals surface area contributed by atoms with E-state index in [9.17, 15) is 9.90 Å². The summed E-state index contributed by atoms with van der Waals surface area (Å²) in [5.74, 6) is 0.279. The standard InChI is InChI=1S/C20H23N3O2/c1-14-5-4-6-19-21-17(12-20(25)23(14)19)13-22(3)15(2)11-16-7-9-18(24)10-8-16/h4-10,12,15,24H,11,13H2,1-3H3/t15-/m0/s1. The molecule has 5 heteroatoms. The van der Waals surface area contributed by atoms with Gasteiger partial charge < -0.3 is 5.11 Å². The number of phenols is 1. The first kappa shape index (κ1) is 17.2. The van der Waals surface area contributed by atoms with Gasteiger partial charge >= 0.3 is 0 Å². The Morgan fingerprint density at radius 3 is 2.64 bits per heavy atom. The number of hydrogen-bond acceptors (Lipinski definition) is 4. The SMILES string of the molecule is Cc1cccc2nc(CN(C)[C@@H](C)Cc3ccc(O)cc3)cc(=O)n12. The van der Waals surface area contributed by atoms with Crippen molar-refractivity contribution in [2.24, 2.45) is 0 Å². The molecule has 2 heterocycles. The maximum absolute atomic E-state index is 12.4. The Morgan fingerprint density at radius 2 is 1.92 bits per heavy atom. The van der Waals surface area contributed by atoms with Crippen molar-refractivity contribution in [2.75, 3.05) is 7.05 Å². The first-order chi connectivity index (χ1) is 11.9. The third-order valence-electron chi connectivity index (χ3n) is 4.56. The van der Waals surface area contributed by atoms with Crippen LogP contribution in [-0.4, -0.2) is 32.5 Å². The Labute approximate surface area is 147 Å². The number of phenolic OH excluding ortho intramolecular Hbond substituents is 1. The Bertz CT molecular complexity index is 932. The number of pyridine rings is 1. The minimum absolute atomic E-state index is 0.0438. The van der Waals surface area contributed by atoms with Gasteiger partial charge in [0.15, 0.2) is 0 Å². The summed E-state index contributed by atoms with van der Waals surface area (Å²) in [7, 11) is 2.03. The number of fused-ring (bicyclic) bond motifs is 1. The number of likely N-dealkylation sites (N-methyl/N-ethyl adjacent to an activating group) is 1. The summed E-state index contributed by atoms with van der Waals surface area (Å²) < 4.78 is 1.63. The van der Waals surface area contributed by atoms with E-state index in [0.29, 0.717) is 12.2 Å². The summed E-state index contributed by atoms with van der Waals surface area (Å²) >= 11 is 0. The van der Waals surface area contributed by atoms with Crippen LogP contribution in [0.15, 0.2) is 53.3 Å². The molecule has 5 nitrogen and oxygen atoms in total. The van der Waals surface area contributed by atoms with Gasteiger partial charge in [0.05, 0.1) is 5.69 Å². The molecule has 1 atom stereocenters. The normalized spacial score (nSPS) is 12.6. The second-order valence-electron chi connectivity index (χ2n) is 6.58. The lowest BCUT2D eigenvalue weighted by molar-refractivity contribution is 0.245. The molecular formula is C20H23N3O2. The molecule has 0 bridgehead atoms. The molecule has 1 N–H and O–H groups in total. The van der Waals surface area contributed by atoms with Gasteiger partial charge in [-0.15, -0.1) is 0 Å². The Hall–Kier alpha value is -2.66. The van der Waals surface area contributed by atoms with Crippen LogP contribution in [0.25, 0.3) is 5.65 Å². The van der Waals surface area contributed by atoms with Crippen molar-refractivity contribution < 1.29 is 5.11 Å². The quantitative estimate of drug-likeness (QED) is 0.778. The van der Waals surface area contributed by atoms with E-state index in [1.807, 2.05) is 44.3 Å². The van der Waals surface area contributed by atoms with Gasteiger partial charge in [-0.3, -0.25) is 14.1 Å². The smallest absolute Gasteiger partial charge is 0.258 e. The average Bonchev–Trinajstić information content (AvgIpc) is 2.56. The molecule has 0 spiro atoms. The van der Waals surface area contributed by atoms with Gasteiger partial charge in [0.2, 0.25) is 0 Å². The fourth-order valence-corrected chi connectivity index (χ4v) is 2.99. The maximum Gasteiger partial charge on any atom is 0.258 e. The van der Waals surface area contributed by atoms with Gasteiger partial charge in [-0.25, -0.2) is 4.98 Å². The lowest BCUT2D eigenvalue weighted by Crippen LogP contribution is -2.31. The number of nitrogens with zero attached hydrogens (tertiary/aromatic N) is 3. The molecule has 0 radical (unpaired) electrons. The van der Waals surface area contributed by atoms with E-state index >= 15 is 0 Å². The monoisotopic (exact) mass is 337 g/mol. The molecule has 0 aliphatic carbocycles. The third kappa shape index (κ3) is 3.88. The third-order valence-corrected chi connectivity index (χ3v) is 4.56. The Balaban J connectivity index is 1.76. The van der Waals surface area contributed by atoms with Gasteiger partial charge in [0.25, 0.3) is 5.56 Å². The highest BCUT2D eigenvalue weighted by Gasteiger charge is 2.13. The van der Waals surface area contributed by atoms with Crippen molar-refractivity contribution in [3.63, 3.8) is 0 Å². The largest absolute Gasteiger partial charge is 0.508 e. The lowest BCUT2D eigenvalue weighted by Gasteiger charge is -2.24. The fourth-order valence-electron chi connectivity index (χ4n) is 2.99. The summed E-state index contributed by atoms with van der Waals surface area (Å²) in [6.45, 7) is 4.66. The van der Waals surface area contributed by atoms with E-state index in [-0.39, 0.29) is 17.4 Å². The van der Waals surface area contributed by atoms with Crippen molar-refractivity contribution in [1.29, 1.82) is 0 Å². The molecule has 3 rings (SSSR count). The molecule has 0 saturated carbocycles. The molecule has 0 aliphatic rings. The van der Waals surface area contributed by atoms with Gasteiger partial charge in [-0.1, -0.05) is 18.2 Å². The van der Waals surface area contributed by atoms with Crippen molar-refractivity contribution in [3.8, 4) is 5.75 Å². The van der Waals surface area contributed by atoms with Crippen LogP contribution in [0.3, 0.4) is 0 Å². The predicted molar refractivity (Wildman–Crippen MR) is 98.9 cm³/mol. The number of benzene rings is 1. The van der Waals surface area contributed by atoms with Crippen LogP contribution in [0.1, 0.15) is 23.9 Å². The van der Waals surface area contributed by atoms with Crippen LogP contribution in [0.2, 0.25) is 0 Å². The van der Waals surface area contributed by atoms with Gasteiger partial charge in [-0.2, -0.15) is 0 Å². The highest BCUT2D eigenvalue weighted by molar-refractivity contribution is 5.40. The van der Waals surface area contributed by atoms with Crippen LogP contribution >= 0.6 is 0 Å². The maximum atomic E-state index is 12.4. The van der Waals surface area contributed by atoms with E-state index in [2.05, 4.69) is 16.8 Å². The molecule has 0 aliphatic heterocycles. The van der Waals surface area contributed by atoms with Crippen LogP contribution in [0.5, 0.6) is 5.75 Å². The molecule has 0 amide bonds. The predicted octanol–water partition coefficient (Wildman–Crippen LogP) is 2.77. The second-order valence-corrected chi connectivity index (χ2v) is 6.58. The van der Waals surface area contributed by atoms with E-state index < -0.39 is 0 Å². The van der Waals surface area contributed by atoms with Crippen LogP contribution in [-0.2, 0) is 13.0 Å². The number of aromatic nitrogens is 2. The Kier molecular flexibility index (Phi) is 4.86. The molecule has 130 valence electrons. The average molecular weight is 337 g/mol. The molecule has 0 saturated heterocycles. The van der Waals surface area contributed by atoms with Crippen molar-refractivity contribution >= 4 is 5.65 Å². The van der Waals surface area contributed by atoms with Crippen LogP contribution in [0, 0.1) is 6.92 Å². The van der Waals surface area contributed by atoms with Crippen LogP contribution in [0.4, 0.5) is 0 Å². The van der Waals surface area contributed by atoms with Crippen molar-refractivity contribution in [2.45, 2.75) is 32.9 Å². The zero-order valence-electron chi connectivity index (χ0n) is 14.8. The lowest BCUT2D eigenvalue weighted by atomic mass is 10.1.